The quantitative estimate of drug-likeness (QED) is 0.570. The van der Waals surface area contributed by atoms with Gasteiger partial charge in [0.2, 0.25) is 5.91 Å². The third-order valence-electron chi connectivity index (χ3n) is 2.42. The second-order valence-electron chi connectivity index (χ2n) is 3.65. The van der Waals surface area contributed by atoms with Crippen LogP contribution in [0.4, 0.5) is 0 Å². The molecule has 5 nitrogen and oxygen atoms in total. The van der Waals surface area contributed by atoms with E-state index in [1.54, 1.807) is 0 Å². The van der Waals surface area contributed by atoms with Crippen molar-refractivity contribution in [3.63, 3.8) is 0 Å². The minimum Gasteiger partial charge on any atom is -0.354 e. The molecule has 2 atom stereocenters. The molecule has 3 N–H and O–H groups in total. The molecule has 0 radical (unpaired) electrons. The molecular weight excluding hydrogens is 180 g/mol. The number of nitrogens with two attached hydrogens (primary N) is 1. The minimum absolute atomic E-state index is 0.0179. The average Bonchev–Trinajstić information content (AvgIpc) is 2.45. The van der Waals surface area contributed by atoms with Crippen molar-refractivity contribution in [2.24, 2.45) is 5.73 Å². The zero-order valence-corrected chi connectivity index (χ0v) is 8.36. The largest absolute Gasteiger partial charge is 0.354 e. The van der Waals surface area contributed by atoms with Crippen molar-refractivity contribution in [3.05, 3.63) is 0 Å². The maximum atomic E-state index is 11.6. The average molecular weight is 196 g/mol. The van der Waals surface area contributed by atoms with Crippen LogP contribution in [0.3, 0.4) is 0 Å². The first-order chi connectivity index (χ1) is 6.65. The van der Waals surface area contributed by atoms with E-state index in [0.717, 1.165) is 6.54 Å². The number of hydrogen-bond donors (Lipinski definition) is 2. The van der Waals surface area contributed by atoms with Gasteiger partial charge in [-0.3, -0.25) is 9.69 Å². The lowest BCUT2D eigenvalue weighted by atomic mass is 10.1. The van der Waals surface area contributed by atoms with Crippen LogP contribution in [0.2, 0.25) is 0 Å². The van der Waals surface area contributed by atoms with E-state index in [-0.39, 0.29) is 18.0 Å². The van der Waals surface area contributed by atoms with Gasteiger partial charge in [0.25, 0.3) is 0 Å². The third kappa shape index (κ3) is 2.69. The number of carbonyl (C=O) groups excluding carboxylic acids is 1. The molecule has 0 saturated carbocycles. The number of hydrogen-bond acceptors (Lipinski definition) is 4. The molecule has 78 valence electrons. The Morgan fingerprint density at radius 2 is 2.50 bits per heavy atom. The molecule has 1 aliphatic rings. The van der Waals surface area contributed by atoms with Crippen molar-refractivity contribution >= 4 is 5.91 Å². The molecule has 0 aromatic carbocycles. The SMILES string of the molecule is CN1C[C@@H](N)C[C@@H]1C(=O)NCCC#N. The first-order valence-electron chi connectivity index (χ1n) is 4.75. The Hall–Kier alpha value is -1.12. The van der Waals surface area contributed by atoms with E-state index in [1.165, 1.54) is 0 Å². The van der Waals surface area contributed by atoms with Gasteiger partial charge in [-0.2, -0.15) is 5.26 Å². The maximum absolute atomic E-state index is 11.6. The van der Waals surface area contributed by atoms with Crippen LogP contribution in [0, 0.1) is 11.3 Å². The second-order valence-corrected chi connectivity index (χ2v) is 3.65. The summed E-state index contributed by atoms with van der Waals surface area (Å²) < 4.78 is 0. The Morgan fingerprint density at radius 1 is 1.79 bits per heavy atom. The fraction of sp³-hybridized carbons (Fsp3) is 0.778. The van der Waals surface area contributed by atoms with Gasteiger partial charge in [-0.05, 0) is 13.5 Å². The topological polar surface area (TPSA) is 82.2 Å². The number of nitrogens with zero attached hydrogens (tertiary/aromatic N) is 2. The van der Waals surface area contributed by atoms with Gasteiger partial charge in [-0.15, -0.1) is 0 Å². The summed E-state index contributed by atoms with van der Waals surface area (Å²) in [6.45, 7) is 1.19. The van der Waals surface area contributed by atoms with Crippen LogP contribution in [0.15, 0.2) is 0 Å². The summed E-state index contributed by atoms with van der Waals surface area (Å²) in [7, 11) is 1.89. The molecular formula is C9H16N4O. The Bertz CT molecular complexity index is 248. The van der Waals surface area contributed by atoms with Crippen molar-refractivity contribution in [2.75, 3.05) is 20.1 Å². The highest BCUT2D eigenvalue weighted by atomic mass is 16.2. The Kier molecular flexibility index (Phi) is 3.86. The standard InChI is InChI=1S/C9H16N4O/c1-13-6-7(11)5-8(13)9(14)12-4-2-3-10/h7-8H,2,4-6,11H2,1H3,(H,12,14)/t7-,8+/m0/s1. The van der Waals surface area contributed by atoms with E-state index in [9.17, 15) is 4.79 Å². The Balaban J connectivity index is 2.34. The highest BCUT2D eigenvalue weighted by molar-refractivity contribution is 5.82. The molecule has 0 aliphatic carbocycles. The molecule has 1 rings (SSSR count). The van der Waals surface area contributed by atoms with E-state index < -0.39 is 0 Å². The van der Waals surface area contributed by atoms with Crippen LogP contribution in [0.25, 0.3) is 0 Å². The van der Waals surface area contributed by atoms with Crippen molar-refractivity contribution in [3.8, 4) is 6.07 Å². The van der Waals surface area contributed by atoms with Gasteiger partial charge in [0, 0.05) is 19.1 Å². The van der Waals surface area contributed by atoms with Gasteiger partial charge in [0.05, 0.1) is 18.5 Å². The first kappa shape index (κ1) is 11.0. The Morgan fingerprint density at radius 3 is 3.00 bits per heavy atom. The number of amides is 1. The van der Waals surface area contributed by atoms with Crippen molar-refractivity contribution in [1.82, 2.24) is 10.2 Å². The molecule has 1 aliphatic heterocycles. The highest BCUT2D eigenvalue weighted by Crippen LogP contribution is 2.13. The van der Waals surface area contributed by atoms with Crippen molar-refractivity contribution in [2.45, 2.75) is 24.9 Å². The molecule has 0 bridgehead atoms. The summed E-state index contributed by atoms with van der Waals surface area (Å²) >= 11 is 0. The molecule has 1 amide bonds. The normalized spacial score (nSPS) is 27.2. The second kappa shape index (κ2) is 4.94. The number of nitriles is 1. The van der Waals surface area contributed by atoms with Crippen LogP contribution in [0.1, 0.15) is 12.8 Å². The molecule has 0 unspecified atom stereocenters. The lowest BCUT2D eigenvalue weighted by Gasteiger charge is -2.17. The van der Waals surface area contributed by atoms with Gasteiger partial charge in [-0.25, -0.2) is 0 Å². The lowest BCUT2D eigenvalue weighted by Crippen LogP contribution is -2.41. The minimum atomic E-state index is -0.122. The van der Waals surface area contributed by atoms with Gasteiger partial charge >= 0.3 is 0 Å². The fourth-order valence-electron chi connectivity index (χ4n) is 1.71. The predicted octanol–water partition coefficient (Wildman–Crippen LogP) is -0.952. The third-order valence-corrected chi connectivity index (χ3v) is 2.42. The summed E-state index contributed by atoms with van der Waals surface area (Å²) in [4.78, 5) is 13.5. The fourth-order valence-corrected chi connectivity index (χ4v) is 1.71. The molecule has 1 heterocycles. The van der Waals surface area contributed by atoms with Gasteiger partial charge in [0.15, 0.2) is 0 Å². The van der Waals surface area contributed by atoms with E-state index in [4.69, 9.17) is 11.0 Å². The van der Waals surface area contributed by atoms with Crippen LogP contribution >= 0.6 is 0 Å². The summed E-state index contributed by atoms with van der Waals surface area (Å²) in [5.74, 6) is -0.0179. The smallest absolute Gasteiger partial charge is 0.237 e. The molecule has 0 aromatic heterocycles. The van der Waals surface area contributed by atoms with Gasteiger partial charge in [0.1, 0.15) is 0 Å². The van der Waals surface area contributed by atoms with Crippen LogP contribution < -0.4 is 11.1 Å². The van der Waals surface area contributed by atoms with Crippen molar-refractivity contribution in [1.29, 1.82) is 5.26 Å². The first-order valence-corrected chi connectivity index (χ1v) is 4.75. The number of rotatable bonds is 3. The zero-order chi connectivity index (χ0) is 10.6. The number of likely N-dealkylation sites (N-methyl/N-ethyl adjacent to an activating group) is 1. The number of nitrogens with one attached hydrogen (secondary N) is 1. The highest BCUT2D eigenvalue weighted by Gasteiger charge is 2.32. The Labute approximate surface area is 83.9 Å². The molecule has 14 heavy (non-hydrogen) atoms. The van der Waals surface area contributed by atoms with E-state index in [2.05, 4.69) is 5.32 Å². The number of carbonyl (C=O) groups is 1. The summed E-state index contributed by atoms with van der Waals surface area (Å²) in [6.07, 6.45) is 1.06. The van der Waals surface area contributed by atoms with Crippen LogP contribution in [-0.2, 0) is 4.79 Å². The lowest BCUT2D eigenvalue weighted by molar-refractivity contribution is -0.125. The molecule has 0 spiro atoms. The molecule has 0 aromatic rings. The van der Waals surface area contributed by atoms with E-state index in [0.29, 0.717) is 19.4 Å². The predicted molar refractivity (Wildman–Crippen MR) is 52.3 cm³/mol. The monoisotopic (exact) mass is 196 g/mol. The summed E-state index contributed by atoms with van der Waals surface area (Å²) in [5, 5.41) is 11.0. The summed E-state index contributed by atoms with van der Waals surface area (Å²) in [5.41, 5.74) is 5.73. The van der Waals surface area contributed by atoms with Gasteiger partial charge in [-0.1, -0.05) is 0 Å². The van der Waals surface area contributed by atoms with Gasteiger partial charge < -0.3 is 11.1 Å². The van der Waals surface area contributed by atoms with E-state index in [1.807, 2.05) is 18.0 Å². The van der Waals surface area contributed by atoms with Crippen molar-refractivity contribution < 1.29 is 4.79 Å². The summed E-state index contributed by atoms with van der Waals surface area (Å²) in [6, 6.07) is 1.95. The van der Waals surface area contributed by atoms with Crippen LogP contribution in [-0.4, -0.2) is 43.0 Å². The maximum Gasteiger partial charge on any atom is 0.237 e. The van der Waals surface area contributed by atoms with E-state index >= 15 is 0 Å². The number of likely N-dealkylation sites (tertiary alicyclic amines) is 1. The molecule has 5 heteroatoms. The molecule has 1 fully saturated rings. The molecule has 1 saturated heterocycles. The zero-order valence-electron chi connectivity index (χ0n) is 8.36. The van der Waals surface area contributed by atoms with Crippen LogP contribution in [0.5, 0.6) is 0 Å².